The van der Waals surface area contributed by atoms with Crippen molar-refractivity contribution < 1.29 is 0 Å². The Bertz CT molecular complexity index is 428. The Hall–Kier alpha value is -0.960. The van der Waals surface area contributed by atoms with Crippen LogP contribution in [0.2, 0.25) is 0 Å². The minimum Gasteiger partial charge on any atom is -0.316 e. The molecule has 106 valence electrons. The summed E-state index contributed by atoms with van der Waals surface area (Å²) in [7, 11) is 0. The molecule has 0 saturated heterocycles. The van der Waals surface area contributed by atoms with Crippen molar-refractivity contribution in [3.8, 4) is 0 Å². The summed E-state index contributed by atoms with van der Waals surface area (Å²) >= 11 is 0. The molecule has 1 aromatic rings. The van der Waals surface area contributed by atoms with Gasteiger partial charge in [-0.2, -0.15) is 0 Å². The average Bonchev–Trinajstić information content (AvgIpc) is 2.96. The second kappa shape index (κ2) is 5.58. The molecule has 0 aliphatic heterocycles. The summed E-state index contributed by atoms with van der Waals surface area (Å²) in [6.07, 6.45) is 3.44. The molecule has 0 spiro atoms. The molecule has 1 N–H and O–H groups in total. The third kappa shape index (κ3) is 3.33. The summed E-state index contributed by atoms with van der Waals surface area (Å²) in [6, 6.07) is 0. The van der Waals surface area contributed by atoms with Gasteiger partial charge in [0.05, 0.1) is 0 Å². The topological polar surface area (TPSA) is 37.8 Å². The first-order valence-electron chi connectivity index (χ1n) is 7.50. The second-order valence-corrected chi connectivity index (χ2v) is 6.48. The van der Waals surface area contributed by atoms with Crippen LogP contribution in [-0.2, 0) is 6.42 Å². The third-order valence-electron chi connectivity index (χ3n) is 4.24. The van der Waals surface area contributed by atoms with Crippen molar-refractivity contribution in [2.45, 2.75) is 59.8 Å². The van der Waals surface area contributed by atoms with E-state index in [-0.39, 0.29) is 0 Å². The molecule has 1 aromatic heterocycles. The van der Waals surface area contributed by atoms with Crippen molar-refractivity contribution in [1.82, 2.24) is 15.3 Å². The summed E-state index contributed by atoms with van der Waals surface area (Å²) < 4.78 is 0. The number of hydrogen-bond donors (Lipinski definition) is 1. The largest absolute Gasteiger partial charge is 0.316 e. The van der Waals surface area contributed by atoms with Crippen molar-refractivity contribution in [1.29, 1.82) is 0 Å². The van der Waals surface area contributed by atoms with Gasteiger partial charge in [0.15, 0.2) is 0 Å². The number of rotatable bonds is 6. The molecule has 1 fully saturated rings. The lowest BCUT2D eigenvalue weighted by Gasteiger charge is -2.12. The van der Waals surface area contributed by atoms with Crippen LogP contribution in [0.5, 0.6) is 0 Å². The van der Waals surface area contributed by atoms with E-state index in [9.17, 15) is 0 Å². The van der Waals surface area contributed by atoms with Gasteiger partial charge in [-0.25, -0.2) is 9.97 Å². The molecule has 3 nitrogen and oxygen atoms in total. The maximum atomic E-state index is 4.75. The number of aromatic nitrogens is 2. The van der Waals surface area contributed by atoms with Gasteiger partial charge in [0.1, 0.15) is 5.82 Å². The Morgan fingerprint density at radius 3 is 2.21 bits per heavy atom. The third-order valence-corrected chi connectivity index (χ3v) is 4.24. The van der Waals surface area contributed by atoms with Gasteiger partial charge in [-0.05, 0) is 57.2 Å². The van der Waals surface area contributed by atoms with E-state index in [0.29, 0.717) is 11.3 Å². The highest BCUT2D eigenvalue weighted by molar-refractivity contribution is 5.28. The molecular formula is C16H27N3. The van der Waals surface area contributed by atoms with Gasteiger partial charge in [0.25, 0.3) is 0 Å². The van der Waals surface area contributed by atoms with Crippen LogP contribution < -0.4 is 5.32 Å². The molecule has 0 aromatic carbocycles. The second-order valence-electron chi connectivity index (χ2n) is 6.48. The first-order valence-corrected chi connectivity index (χ1v) is 7.50. The molecule has 2 rings (SSSR count). The standard InChI is InChI=1S/C16H27N3/c1-6-8-17-9-7-13-11(2)18-15(19-12(13)3)14-10-16(14,4)5/h14,17H,6-10H2,1-5H3. The van der Waals surface area contributed by atoms with E-state index in [1.807, 2.05) is 0 Å². The minimum atomic E-state index is 0.406. The van der Waals surface area contributed by atoms with E-state index in [2.05, 4.69) is 39.9 Å². The van der Waals surface area contributed by atoms with Crippen LogP contribution in [0.3, 0.4) is 0 Å². The number of nitrogens with one attached hydrogen (secondary N) is 1. The monoisotopic (exact) mass is 261 g/mol. The Balaban J connectivity index is 2.05. The van der Waals surface area contributed by atoms with E-state index in [4.69, 9.17) is 9.97 Å². The van der Waals surface area contributed by atoms with Crippen molar-refractivity contribution in [3.05, 3.63) is 22.8 Å². The van der Waals surface area contributed by atoms with Gasteiger partial charge in [-0.1, -0.05) is 20.8 Å². The van der Waals surface area contributed by atoms with Crippen molar-refractivity contribution in [3.63, 3.8) is 0 Å². The lowest BCUT2D eigenvalue weighted by atomic mass is 10.1. The van der Waals surface area contributed by atoms with E-state index < -0.39 is 0 Å². The van der Waals surface area contributed by atoms with Crippen LogP contribution in [0, 0.1) is 19.3 Å². The van der Waals surface area contributed by atoms with Crippen LogP contribution in [0.1, 0.15) is 62.3 Å². The average molecular weight is 261 g/mol. The molecule has 0 amide bonds. The molecule has 3 heteroatoms. The van der Waals surface area contributed by atoms with Gasteiger partial charge in [0.2, 0.25) is 0 Å². The highest BCUT2D eigenvalue weighted by atomic mass is 14.9. The van der Waals surface area contributed by atoms with E-state index in [0.717, 1.165) is 25.3 Å². The van der Waals surface area contributed by atoms with Crippen LogP contribution in [0.25, 0.3) is 0 Å². The summed E-state index contributed by atoms with van der Waals surface area (Å²) in [5.74, 6) is 1.63. The summed E-state index contributed by atoms with van der Waals surface area (Å²) in [5.41, 5.74) is 4.07. The summed E-state index contributed by atoms with van der Waals surface area (Å²) in [4.78, 5) is 9.50. The maximum absolute atomic E-state index is 4.75. The van der Waals surface area contributed by atoms with Gasteiger partial charge >= 0.3 is 0 Å². The van der Waals surface area contributed by atoms with Gasteiger partial charge in [-0.3, -0.25) is 0 Å². The van der Waals surface area contributed by atoms with Crippen molar-refractivity contribution >= 4 is 0 Å². The van der Waals surface area contributed by atoms with Gasteiger partial charge in [-0.15, -0.1) is 0 Å². The molecule has 1 atom stereocenters. The fraction of sp³-hybridized carbons (Fsp3) is 0.750. The number of nitrogens with zero attached hydrogens (tertiary/aromatic N) is 2. The quantitative estimate of drug-likeness (QED) is 0.799. The molecule has 1 heterocycles. The fourth-order valence-corrected chi connectivity index (χ4v) is 2.71. The highest BCUT2D eigenvalue weighted by Crippen LogP contribution is 2.57. The fourth-order valence-electron chi connectivity index (χ4n) is 2.71. The molecule has 0 bridgehead atoms. The molecule has 1 unspecified atom stereocenters. The smallest absolute Gasteiger partial charge is 0.132 e. The first kappa shape index (κ1) is 14.4. The van der Waals surface area contributed by atoms with Crippen LogP contribution in [0.15, 0.2) is 0 Å². The zero-order valence-electron chi connectivity index (χ0n) is 13.0. The molecule has 1 aliphatic rings. The predicted octanol–water partition coefficient (Wildman–Crippen LogP) is 3.15. The lowest BCUT2D eigenvalue weighted by molar-refractivity contribution is 0.604. The number of aryl methyl sites for hydroxylation is 2. The van der Waals surface area contributed by atoms with Crippen molar-refractivity contribution in [2.24, 2.45) is 5.41 Å². The minimum absolute atomic E-state index is 0.406. The molecule has 1 saturated carbocycles. The van der Waals surface area contributed by atoms with Crippen LogP contribution in [-0.4, -0.2) is 23.1 Å². The Labute approximate surface area is 117 Å². The van der Waals surface area contributed by atoms with Crippen LogP contribution >= 0.6 is 0 Å². The predicted molar refractivity (Wildman–Crippen MR) is 79.5 cm³/mol. The van der Waals surface area contributed by atoms with Gasteiger partial charge < -0.3 is 5.32 Å². The SMILES string of the molecule is CCCNCCc1c(C)nc(C2CC2(C)C)nc1C. The van der Waals surface area contributed by atoms with Crippen LogP contribution in [0.4, 0.5) is 0 Å². The first-order chi connectivity index (χ1) is 8.95. The zero-order valence-corrected chi connectivity index (χ0v) is 13.0. The Kier molecular flexibility index (Phi) is 4.24. The Morgan fingerprint density at radius 2 is 1.74 bits per heavy atom. The Morgan fingerprint density at radius 1 is 1.16 bits per heavy atom. The van der Waals surface area contributed by atoms with Gasteiger partial charge in [0, 0.05) is 17.3 Å². The zero-order chi connectivity index (χ0) is 14.0. The molecule has 1 aliphatic carbocycles. The lowest BCUT2D eigenvalue weighted by Crippen LogP contribution is -2.19. The maximum Gasteiger partial charge on any atom is 0.132 e. The van der Waals surface area contributed by atoms with Crippen molar-refractivity contribution in [2.75, 3.05) is 13.1 Å². The van der Waals surface area contributed by atoms with E-state index in [1.54, 1.807) is 0 Å². The highest BCUT2D eigenvalue weighted by Gasteiger charge is 2.48. The normalized spacial score (nSPS) is 20.6. The van der Waals surface area contributed by atoms with E-state index in [1.165, 1.54) is 29.8 Å². The molecule has 0 radical (unpaired) electrons. The molecule has 19 heavy (non-hydrogen) atoms. The summed E-state index contributed by atoms with van der Waals surface area (Å²) in [6.45, 7) is 13.2. The molecular weight excluding hydrogens is 234 g/mol. The van der Waals surface area contributed by atoms with E-state index >= 15 is 0 Å². The summed E-state index contributed by atoms with van der Waals surface area (Å²) in [5, 5.41) is 3.45. The number of hydrogen-bond acceptors (Lipinski definition) is 3.